The second-order valence-corrected chi connectivity index (χ2v) is 8.47. The highest BCUT2D eigenvalue weighted by atomic mass is 32.1. The lowest BCUT2D eigenvalue weighted by Gasteiger charge is -2.07. The van der Waals surface area contributed by atoms with E-state index in [2.05, 4.69) is 58.4 Å². The van der Waals surface area contributed by atoms with Gasteiger partial charge in [-0.2, -0.15) is 0 Å². The van der Waals surface area contributed by atoms with Gasteiger partial charge in [0.05, 0.1) is 23.0 Å². The molecule has 0 atom stereocenters. The molecule has 0 aliphatic rings. The average molecular weight is 407 g/mol. The quantitative estimate of drug-likeness (QED) is 0.371. The number of nitrogens with one attached hydrogen (secondary N) is 2. The maximum absolute atomic E-state index is 5.89. The molecule has 0 fully saturated rings. The van der Waals surface area contributed by atoms with Gasteiger partial charge in [-0.1, -0.05) is 13.8 Å². The number of pyridine rings is 1. The number of hydrogen-bond acceptors (Lipinski definition) is 5. The first-order chi connectivity index (χ1) is 14.2. The molecule has 2 N–H and O–H groups in total. The summed E-state index contributed by atoms with van der Waals surface area (Å²) in [6.07, 6.45) is 5.66. The summed E-state index contributed by atoms with van der Waals surface area (Å²) >= 11 is 1.69. The van der Waals surface area contributed by atoms with Gasteiger partial charge in [0.15, 0.2) is 0 Å². The summed E-state index contributed by atoms with van der Waals surface area (Å²) < 4.78 is 5.89. The summed E-state index contributed by atoms with van der Waals surface area (Å²) in [5.74, 6) is 1.56. The van der Waals surface area contributed by atoms with Gasteiger partial charge in [-0.15, -0.1) is 11.3 Å². The molecule has 0 saturated heterocycles. The van der Waals surface area contributed by atoms with E-state index in [9.17, 15) is 0 Å². The number of nitrogens with zero attached hydrogens (tertiary/aromatic N) is 2. The Labute approximate surface area is 175 Å². The van der Waals surface area contributed by atoms with Crippen molar-refractivity contribution in [3.63, 3.8) is 0 Å². The third kappa shape index (κ3) is 5.15. The Hall–Kier alpha value is -2.86. The van der Waals surface area contributed by atoms with Crippen LogP contribution in [0.5, 0.6) is 5.75 Å². The number of thiazole rings is 1. The van der Waals surface area contributed by atoms with E-state index in [1.54, 1.807) is 11.3 Å². The van der Waals surface area contributed by atoms with Crippen LogP contribution in [0.3, 0.4) is 0 Å². The number of aromatic nitrogens is 3. The van der Waals surface area contributed by atoms with Crippen molar-refractivity contribution in [2.45, 2.75) is 26.7 Å². The van der Waals surface area contributed by atoms with Crippen LogP contribution >= 0.6 is 11.3 Å². The van der Waals surface area contributed by atoms with Crippen LogP contribution in [0, 0.1) is 5.92 Å². The van der Waals surface area contributed by atoms with E-state index in [-0.39, 0.29) is 0 Å². The summed E-state index contributed by atoms with van der Waals surface area (Å²) in [5, 5.41) is 7.75. The van der Waals surface area contributed by atoms with Gasteiger partial charge >= 0.3 is 0 Å². The molecule has 3 aromatic heterocycles. The Morgan fingerprint density at radius 3 is 2.86 bits per heavy atom. The molecular weight excluding hydrogens is 380 g/mol. The maximum atomic E-state index is 5.89. The SMILES string of the molecule is CC(C)CCOc1ccc2[nH]c(-c3cc(NCCc4nccs4)ccn3)cc2c1. The summed E-state index contributed by atoms with van der Waals surface area (Å²) in [7, 11) is 0. The molecule has 0 bridgehead atoms. The summed E-state index contributed by atoms with van der Waals surface area (Å²) in [6.45, 7) is 6.01. The van der Waals surface area contributed by atoms with E-state index < -0.39 is 0 Å². The van der Waals surface area contributed by atoms with Gasteiger partial charge < -0.3 is 15.0 Å². The summed E-state index contributed by atoms with van der Waals surface area (Å²) in [4.78, 5) is 12.3. The van der Waals surface area contributed by atoms with E-state index >= 15 is 0 Å². The van der Waals surface area contributed by atoms with Gasteiger partial charge in [0.1, 0.15) is 5.75 Å². The van der Waals surface area contributed by atoms with Crippen molar-refractivity contribution in [2.24, 2.45) is 5.92 Å². The highest BCUT2D eigenvalue weighted by Gasteiger charge is 2.07. The first-order valence-electron chi connectivity index (χ1n) is 10.0. The minimum Gasteiger partial charge on any atom is -0.494 e. The van der Waals surface area contributed by atoms with E-state index in [1.165, 1.54) is 0 Å². The first-order valence-corrected chi connectivity index (χ1v) is 10.9. The zero-order valence-electron chi connectivity index (χ0n) is 16.8. The van der Waals surface area contributed by atoms with Gasteiger partial charge in [0.2, 0.25) is 0 Å². The van der Waals surface area contributed by atoms with Gasteiger partial charge in [-0.25, -0.2) is 4.98 Å². The molecule has 0 aliphatic heterocycles. The summed E-state index contributed by atoms with van der Waals surface area (Å²) in [5.41, 5.74) is 4.06. The largest absolute Gasteiger partial charge is 0.494 e. The van der Waals surface area contributed by atoms with Gasteiger partial charge in [-0.3, -0.25) is 4.98 Å². The van der Waals surface area contributed by atoms with Crippen molar-refractivity contribution in [3.05, 3.63) is 59.2 Å². The van der Waals surface area contributed by atoms with Gasteiger partial charge in [0.25, 0.3) is 0 Å². The van der Waals surface area contributed by atoms with Crippen LogP contribution in [-0.2, 0) is 6.42 Å². The lowest BCUT2D eigenvalue weighted by molar-refractivity contribution is 0.290. The van der Waals surface area contributed by atoms with Crippen molar-refractivity contribution < 1.29 is 4.74 Å². The lowest BCUT2D eigenvalue weighted by atomic mass is 10.1. The van der Waals surface area contributed by atoms with Crippen molar-refractivity contribution in [2.75, 3.05) is 18.5 Å². The molecule has 0 spiro atoms. The molecule has 0 amide bonds. The van der Waals surface area contributed by atoms with Crippen LogP contribution in [0.15, 0.2) is 54.2 Å². The average Bonchev–Trinajstić information content (AvgIpc) is 3.37. The van der Waals surface area contributed by atoms with Crippen LogP contribution in [0.1, 0.15) is 25.3 Å². The Morgan fingerprint density at radius 1 is 1.10 bits per heavy atom. The molecule has 5 nitrogen and oxygen atoms in total. The molecule has 1 aromatic carbocycles. The van der Waals surface area contributed by atoms with E-state index in [0.717, 1.165) is 64.7 Å². The highest BCUT2D eigenvalue weighted by Crippen LogP contribution is 2.27. The molecule has 3 heterocycles. The van der Waals surface area contributed by atoms with Crippen LogP contribution in [-0.4, -0.2) is 28.1 Å². The zero-order chi connectivity index (χ0) is 20.1. The number of ether oxygens (including phenoxy) is 1. The number of hydrogen-bond donors (Lipinski definition) is 2. The third-order valence-electron chi connectivity index (χ3n) is 4.74. The minimum atomic E-state index is 0.645. The molecule has 0 saturated carbocycles. The Bertz CT molecular complexity index is 1060. The van der Waals surface area contributed by atoms with Crippen LogP contribution < -0.4 is 10.1 Å². The third-order valence-corrected chi connectivity index (χ3v) is 5.58. The fourth-order valence-electron chi connectivity index (χ4n) is 3.13. The number of H-pyrrole nitrogens is 1. The standard InChI is InChI=1S/C23H26N4OS/c1-16(2)7-11-28-19-3-4-20-17(13-19)14-22(27-20)21-15-18(5-8-25-21)24-9-6-23-26-10-12-29-23/h3-5,8,10,12-16,27H,6-7,9,11H2,1-2H3,(H,24,25). The number of anilines is 1. The minimum absolute atomic E-state index is 0.645. The number of fused-ring (bicyclic) bond motifs is 1. The van der Waals surface area contributed by atoms with Gasteiger partial charge in [0, 0.05) is 47.3 Å². The number of benzene rings is 1. The Kier molecular flexibility index (Phi) is 6.10. The molecule has 0 aliphatic carbocycles. The summed E-state index contributed by atoms with van der Waals surface area (Å²) in [6, 6.07) is 12.4. The lowest BCUT2D eigenvalue weighted by Crippen LogP contribution is -2.04. The maximum Gasteiger partial charge on any atom is 0.120 e. The Morgan fingerprint density at radius 2 is 2.03 bits per heavy atom. The normalized spacial score (nSPS) is 11.3. The number of aromatic amines is 1. The van der Waals surface area contributed by atoms with E-state index in [1.807, 2.05) is 29.9 Å². The zero-order valence-corrected chi connectivity index (χ0v) is 17.6. The van der Waals surface area contributed by atoms with Crippen molar-refractivity contribution in [1.29, 1.82) is 0 Å². The van der Waals surface area contributed by atoms with Crippen molar-refractivity contribution in [1.82, 2.24) is 15.0 Å². The molecule has 4 rings (SSSR count). The van der Waals surface area contributed by atoms with Crippen molar-refractivity contribution in [3.8, 4) is 17.1 Å². The number of rotatable bonds is 9. The van der Waals surface area contributed by atoms with E-state index in [4.69, 9.17) is 4.74 Å². The van der Waals surface area contributed by atoms with Gasteiger partial charge in [-0.05, 0) is 48.7 Å². The predicted octanol–water partition coefficient (Wildman–Crippen LogP) is 5.77. The van der Waals surface area contributed by atoms with E-state index in [0.29, 0.717) is 5.92 Å². The molecule has 6 heteroatoms. The second kappa shape index (κ2) is 9.09. The monoisotopic (exact) mass is 406 g/mol. The molecule has 150 valence electrons. The van der Waals surface area contributed by atoms with Crippen molar-refractivity contribution >= 4 is 27.9 Å². The molecule has 4 aromatic rings. The predicted molar refractivity (Wildman–Crippen MR) is 121 cm³/mol. The van der Waals surface area contributed by atoms with Crippen LogP contribution in [0.25, 0.3) is 22.3 Å². The topological polar surface area (TPSA) is 62.8 Å². The molecular formula is C23H26N4OS. The Balaban J connectivity index is 1.44. The van der Waals surface area contributed by atoms with Crippen LogP contribution in [0.4, 0.5) is 5.69 Å². The highest BCUT2D eigenvalue weighted by molar-refractivity contribution is 7.09. The smallest absolute Gasteiger partial charge is 0.120 e. The second-order valence-electron chi connectivity index (χ2n) is 7.50. The fourth-order valence-corrected chi connectivity index (χ4v) is 3.75. The molecule has 0 unspecified atom stereocenters. The fraction of sp³-hybridized carbons (Fsp3) is 0.304. The molecule has 29 heavy (non-hydrogen) atoms. The first kappa shape index (κ1) is 19.5. The molecule has 0 radical (unpaired) electrons. The van der Waals surface area contributed by atoms with Crippen LogP contribution in [0.2, 0.25) is 0 Å².